The van der Waals surface area contributed by atoms with Crippen molar-refractivity contribution in [2.24, 2.45) is 0 Å². The highest BCUT2D eigenvalue weighted by atomic mass is 79.9. The normalized spacial score (nSPS) is 11.2. The number of carbonyl (C=O) groups excluding carboxylic acids is 1. The monoisotopic (exact) mass is 192 g/mol. The fourth-order valence-corrected chi connectivity index (χ4v) is 0.933. The third-order valence-electron chi connectivity index (χ3n) is 0.940. The largest absolute Gasteiger partial charge is 0.466 e. The Hall–Kier alpha value is -0.310. The fourth-order valence-electron chi connectivity index (χ4n) is 0.381. The van der Waals surface area contributed by atoms with Crippen LogP contribution in [0.5, 0.6) is 0 Å². The van der Waals surface area contributed by atoms with Crippen LogP contribution >= 0.6 is 15.9 Å². The summed E-state index contributed by atoms with van der Waals surface area (Å²) >= 11 is 3.15. The van der Waals surface area contributed by atoms with Crippen molar-refractivity contribution in [2.75, 3.05) is 12.4 Å². The fraction of sp³-hybridized carbons (Fsp3) is 0.500. The first-order valence-electron chi connectivity index (χ1n) is 2.55. The SMILES string of the molecule is C/C=C(/CBr)C(=O)OC. The Labute approximate surface area is 63.0 Å². The molecular weight excluding hydrogens is 184 g/mol. The molecule has 0 atom stereocenters. The van der Waals surface area contributed by atoms with Gasteiger partial charge in [0.25, 0.3) is 0 Å². The summed E-state index contributed by atoms with van der Waals surface area (Å²) in [7, 11) is 1.37. The molecule has 0 aromatic carbocycles. The number of hydrogen-bond donors (Lipinski definition) is 0. The summed E-state index contributed by atoms with van der Waals surface area (Å²) in [5, 5.41) is 0.552. The number of rotatable bonds is 2. The zero-order valence-corrected chi connectivity index (χ0v) is 7.06. The van der Waals surface area contributed by atoms with Crippen molar-refractivity contribution in [2.45, 2.75) is 6.92 Å². The molecule has 0 spiro atoms. The molecule has 0 radical (unpaired) electrons. The number of allylic oxidation sites excluding steroid dienone is 1. The number of carbonyl (C=O) groups is 1. The Morgan fingerprint density at radius 3 is 2.44 bits per heavy atom. The predicted molar refractivity (Wildman–Crippen MR) is 39.6 cm³/mol. The van der Waals surface area contributed by atoms with E-state index in [2.05, 4.69) is 20.7 Å². The lowest BCUT2D eigenvalue weighted by atomic mass is 10.3. The van der Waals surface area contributed by atoms with Crippen LogP contribution < -0.4 is 0 Å². The summed E-state index contributed by atoms with van der Waals surface area (Å²) in [6.45, 7) is 1.80. The molecule has 9 heavy (non-hydrogen) atoms. The van der Waals surface area contributed by atoms with E-state index in [0.717, 1.165) is 0 Å². The second-order valence-electron chi connectivity index (χ2n) is 1.44. The topological polar surface area (TPSA) is 26.3 Å². The van der Waals surface area contributed by atoms with Gasteiger partial charge in [0.05, 0.1) is 7.11 Å². The van der Waals surface area contributed by atoms with Crippen LogP contribution in [-0.2, 0) is 9.53 Å². The van der Waals surface area contributed by atoms with E-state index in [4.69, 9.17) is 0 Å². The lowest BCUT2D eigenvalue weighted by Crippen LogP contribution is -2.04. The van der Waals surface area contributed by atoms with E-state index in [1.165, 1.54) is 7.11 Å². The number of esters is 1. The van der Waals surface area contributed by atoms with Gasteiger partial charge in [0.1, 0.15) is 0 Å². The maximum absolute atomic E-state index is 10.7. The van der Waals surface area contributed by atoms with Gasteiger partial charge in [0.2, 0.25) is 0 Å². The Morgan fingerprint density at radius 1 is 1.78 bits per heavy atom. The molecule has 0 N–H and O–H groups in total. The molecule has 0 bridgehead atoms. The molecule has 0 heterocycles. The summed E-state index contributed by atoms with van der Waals surface area (Å²) in [5.41, 5.74) is 0.650. The van der Waals surface area contributed by atoms with Gasteiger partial charge in [-0.1, -0.05) is 22.0 Å². The molecule has 0 aliphatic rings. The summed E-state index contributed by atoms with van der Waals surface area (Å²) in [6.07, 6.45) is 1.72. The van der Waals surface area contributed by atoms with Gasteiger partial charge in [-0.3, -0.25) is 0 Å². The van der Waals surface area contributed by atoms with Crippen molar-refractivity contribution in [1.29, 1.82) is 0 Å². The Kier molecular flexibility index (Phi) is 4.40. The minimum atomic E-state index is -0.269. The van der Waals surface area contributed by atoms with Crippen LogP contribution in [0, 0.1) is 0 Å². The quantitative estimate of drug-likeness (QED) is 0.377. The predicted octanol–water partition coefficient (Wildman–Crippen LogP) is 1.50. The molecule has 3 heteroatoms. The van der Waals surface area contributed by atoms with Gasteiger partial charge in [0.15, 0.2) is 0 Å². The first-order chi connectivity index (χ1) is 4.26. The molecule has 0 saturated carbocycles. The molecule has 2 nitrogen and oxygen atoms in total. The molecule has 0 aliphatic heterocycles. The number of hydrogen-bond acceptors (Lipinski definition) is 2. The minimum absolute atomic E-state index is 0.269. The Morgan fingerprint density at radius 2 is 2.33 bits per heavy atom. The van der Waals surface area contributed by atoms with Crippen LogP contribution in [0.15, 0.2) is 11.6 Å². The van der Waals surface area contributed by atoms with Crippen molar-refractivity contribution in [3.05, 3.63) is 11.6 Å². The lowest BCUT2D eigenvalue weighted by molar-refractivity contribution is -0.135. The second-order valence-corrected chi connectivity index (χ2v) is 2.00. The summed E-state index contributed by atoms with van der Waals surface area (Å²) in [6, 6.07) is 0. The molecule has 0 aromatic rings. The highest BCUT2D eigenvalue weighted by Gasteiger charge is 2.04. The van der Waals surface area contributed by atoms with Crippen molar-refractivity contribution < 1.29 is 9.53 Å². The Balaban J connectivity index is 3.97. The van der Waals surface area contributed by atoms with E-state index in [0.29, 0.717) is 10.9 Å². The van der Waals surface area contributed by atoms with E-state index >= 15 is 0 Å². The highest BCUT2D eigenvalue weighted by Crippen LogP contribution is 2.00. The van der Waals surface area contributed by atoms with E-state index < -0.39 is 0 Å². The third kappa shape index (κ3) is 2.65. The minimum Gasteiger partial charge on any atom is -0.466 e. The van der Waals surface area contributed by atoms with Crippen LogP contribution in [0.4, 0.5) is 0 Å². The van der Waals surface area contributed by atoms with Crippen LogP contribution in [0.2, 0.25) is 0 Å². The number of halogens is 1. The molecule has 0 aliphatic carbocycles. The van der Waals surface area contributed by atoms with E-state index in [1.54, 1.807) is 13.0 Å². The van der Waals surface area contributed by atoms with Crippen LogP contribution in [0.3, 0.4) is 0 Å². The summed E-state index contributed by atoms with van der Waals surface area (Å²) in [5.74, 6) is -0.269. The second kappa shape index (κ2) is 4.56. The zero-order chi connectivity index (χ0) is 7.28. The molecule has 0 saturated heterocycles. The smallest absolute Gasteiger partial charge is 0.334 e. The van der Waals surface area contributed by atoms with E-state index in [1.807, 2.05) is 0 Å². The van der Waals surface area contributed by atoms with Gasteiger partial charge in [-0.15, -0.1) is 0 Å². The average molecular weight is 193 g/mol. The molecule has 0 amide bonds. The Bertz CT molecular complexity index is 129. The molecule has 0 fully saturated rings. The summed E-state index contributed by atoms with van der Waals surface area (Å²) < 4.78 is 4.46. The van der Waals surface area contributed by atoms with Crippen molar-refractivity contribution in [3.63, 3.8) is 0 Å². The average Bonchev–Trinajstić information content (AvgIpc) is 1.90. The van der Waals surface area contributed by atoms with E-state index in [-0.39, 0.29) is 5.97 Å². The molecule has 52 valence electrons. The van der Waals surface area contributed by atoms with Gasteiger partial charge >= 0.3 is 5.97 Å². The van der Waals surface area contributed by atoms with Crippen molar-refractivity contribution >= 4 is 21.9 Å². The van der Waals surface area contributed by atoms with Crippen molar-refractivity contribution in [3.8, 4) is 0 Å². The summed E-state index contributed by atoms with van der Waals surface area (Å²) in [4.78, 5) is 10.7. The lowest BCUT2D eigenvalue weighted by Gasteiger charge is -1.97. The van der Waals surface area contributed by atoms with Crippen LogP contribution in [-0.4, -0.2) is 18.4 Å². The first-order valence-corrected chi connectivity index (χ1v) is 3.67. The number of ether oxygens (including phenoxy) is 1. The third-order valence-corrected chi connectivity index (χ3v) is 1.54. The van der Waals surface area contributed by atoms with Gasteiger partial charge in [0, 0.05) is 10.9 Å². The van der Waals surface area contributed by atoms with Gasteiger partial charge in [-0.2, -0.15) is 0 Å². The van der Waals surface area contributed by atoms with Gasteiger partial charge in [-0.05, 0) is 6.92 Å². The number of methoxy groups -OCH3 is 1. The maximum atomic E-state index is 10.7. The molecule has 0 rings (SSSR count). The van der Waals surface area contributed by atoms with Crippen LogP contribution in [0.1, 0.15) is 6.92 Å². The van der Waals surface area contributed by atoms with Gasteiger partial charge in [-0.25, -0.2) is 4.79 Å². The standard InChI is InChI=1S/C6H9BrO2/c1-3-5(4-7)6(8)9-2/h3H,4H2,1-2H3/b5-3-. The van der Waals surface area contributed by atoms with E-state index in [9.17, 15) is 4.79 Å². The highest BCUT2D eigenvalue weighted by molar-refractivity contribution is 9.09. The molecule has 0 unspecified atom stereocenters. The molecule has 0 aromatic heterocycles. The zero-order valence-electron chi connectivity index (χ0n) is 5.48. The first kappa shape index (κ1) is 8.69. The maximum Gasteiger partial charge on any atom is 0.334 e. The van der Waals surface area contributed by atoms with Crippen LogP contribution in [0.25, 0.3) is 0 Å². The van der Waals surface area contributed by atoms with Gasteiger partial charge < -0.3 is 4.74 Å². The molecular formula is C6H9BrO2. The number of alkyl halides is 1. The van der Waals surface area contributed by atoms with Crippen molar-refractivity contribution in [1.82, 2.24) is 0 Å².